The van der Waals surface area contributed by atoms with Gasteiger partial charge in [-0.25, -0.2) is 0 Å². The molecule has 0 heterocycles. The SMILES string of the molecule is CCCC(C)C(NC)c1ccc(C)c2ccccc12. The van der Waals surface area contributed by atoms with Gasteiger partial charge in [-0.15, -0.1) is 0 Å². The van der Waals surface area contributed by atoms with Crippen LogP contribution in [0.3, 0.4) is 0 Å². The molecule has 1 nitrogen and oxygen atoms in total. The van der Waals surface area contributed by atoms with Crippen LogP contribution in [0.4, 0.5) is 0 Å². The molecule has 0 bridgehead atoms. The highest BCUT2D eigenvalue weighted by Gasteiger charge is 2.19. The first kappa shape index (κ1) is 14.1. The topological polar surface area (TPSA) is 12.0 Å². The van der Waals surface area contributed by atoms with Crippen LogP contribution in [0.1, 0.15) is 43.9 Å². The maximum absolute atomic E-state index is 3.51. The molecule has 0 saturated carbocycles. The van der Waals surface area contributed by atoms with Crippen molar-refractivity contribution in [1.29, 1.82) is 0 Å². The third kappa shape index (κ3) is 2.82. The summed E-state index contributed by atoms with van der Waals surface area (Å²) in [6, 6.07) is 13.7. The zero-order valence-corrected chi connectivity index (χ0v) is 12.5. The summed E-state index contributed by atoms with van der Waals surface area (Å²) < 4.78 is 0. The molecule has 0 radical (unpaired) electrons. The molecule has 2 unspecified atom stereocenters. The quantitative estimate of drug-likeness (QED) is 0.805. The molecule has 19 heavy (non-hydrogen) atoms. The zero-order chi connectivity index (χ0) is 13.8. The summed E-state index contributed by atoms with van der Waals surface area (Å²) in [5.41, 5.74) is 2.79. The Morgan fingerprint density at radius 3 is 2.37 bits per heavy atom. The van der Waals surface area contributed by atoms with Gasteiger partial charge in [0.1, 0.15) is 0 Å². The summed E-state index contributed by atoms with van der Waals surface area (Å²) in [5.74, 6) is 0.654. The summed E-state index contributed by atoms with van der Waals surface area (Å²) in [6.07, 6.45) is 2.50. The number of benzene rings is 2. The number of fused-ring (bicyclic) bond motifs is 1. The largest absolute Gasteiger partial charge is 0.313 e. The highest BCUT2D eigenvalue weighted by molar-refractivity contribution is 5.88. The lowest BCUT2D eigenvalue weighted by atomic mass is 9.87. The van der Waals surface area contributed by atoms with E-state index in [0.29, 0.717) is 12.0 Å². The molecule has 2 atom stereocenters. The minimum Gasteiger partial charge on any atom is -0.313 e. The van der Waals surface area contributed by atoms with Crippen LogP contribution in [0.25, 0.3) is 10.8 Å². The molecule has 0 saturated heterocycles. The summed E-state index contributed by atoms with van der Waals surface area (Å²) in [4.78, 5) is 0. The van der Waals surface area contributed by atoms with Crippen molar-refractivity contribution in [3.8, 4) is 0 Å². The molecule has 2 aromatic carbocycles. The lowest BCUT2D eigenvalue weighted by Crippen LogP contribution is -2.23. The van der Waals surface area contributed by atoms with Gasteiger partial charge in [0.15, 0.2) is 0 Å². The van der Waals surface area contributed by atoms with Crippen LogP contribution in [0, 0.1) is 12.8 Å². The fraction of sp³-hybridized carbons (Fsp3) is 0.444. The average molecular weight is 255 g/mol. The van der Waals surface area contributed by atoms with E-state index < -0.39 is 0 Å². The van der Waals surface area contributed by atoms with Gasteiger partial charge < -0.3 is 5.32 Å². The van der Waals surface area contributed by atoms with Gasteiger partial charge in [0.05, 0.1) is 0 Å². The van der Waals surface area contributed by atoms with Crippen LogP contribution in [0.15, 0.2) is 36.4 Å². The van der Waals surface area contributed by atoms with E-state index in [1.54, 1.807) is 0 Å². The van der Waals surface area contributed by atoms with E-state index in [1.807, 2.05) is 0 Å². The normalized spacial score (nSPS) is 14.5. The summed E-state index contributed by atoms with van der Waals surface area (Å²) in [6.45, 7) is 6.80. The van der Waals surface area contributed by atoms with Crippen molar-refractivity contribution < 1.29 is 0 Å². The van der Waals surface area contributed by atoms with Crippen LogP contribution in [0.2, 0.25) is 0 Å². The highest BCUT2D eigenvalue weighted by Crippen LogP contribution is 2.32. The number of hydrogen-bond acceptors (Lipinski definition) is 1. The second-order valence-electron chi connectivity index (χ2n) is 5.55. The molecule has 0 fully saturated rings. The first-order valence-electron chi connectivity index (χ1n) is 7.34. The third-order valence-electron chi connectivity index (χ3n) is 4.13. The van der Waals surface area contributed by atoms with Crippen LogP contribution in [-0.2, 0) is 0 Å². The summed E-state index contributed by atoms with van der Waals surface area (Å²) >= 11 is 0. The van der Waals surface area contributed by atoms with Crippen LogP contribution in [-0.4, -0.2) is 7.05 Å². The molecule has 1 N–H and O–H groups in total. The van der Waals surface area contributed by atoms with Crippen molar-refractivity contribution in [1.82, 2.24) is 5.32 Å². The molecule has 102 valence electrons. The van der Waals surface area contributed by atoms with Gasteiger partial charge in [-0.1, -0.05) is 56.7 Å². The van der Waals surface area contributed by atoms with Crippen molar-refractivity contribution in [2.75, 3.05) is 7.05 Å². The van der Waals surface area contributed by atoms with E-state index >= 15 is 0 Å². The van der Waals surface area contributed by atoms with E-state index in [9.17, 15) is 0 Å². The Hall–Kier alpha value is -1.34. The second kappa shape index (κ2) is 6.21. The number of hydrogen-bond donors (Lipinski definition) is 1. The van der Waals surface area contributed by atoms with E-state index in [0.717, 1.165) is 0 Å². The standard InChI is InChI=1S/C18H25N/c1-5-8-14(3)18(19-4)17-12-11-13(2)15-9-6-7-10-16(15)17/h6-7,9-12,14,18-19H,5,8H2,1-4H3. The lowest BCUT2D eigenvalue weighted by molar-refractivity contribution is 0.386. The molecule has 0 aromatic heterocycles. The first-order chi connectivity index (χ1) is 9.19. The van der Waals surface area contributed by atoms with Crippen LogP contribution in [0.5, 0.6) is 0 Å². The molecular weight excluding hydrogens is 230 g/mol. The van der Waals surface area contributed by atoms with Crippen molar-refractivity contribution in [3.63, 3.8) is 0 Å². The molecule has 0 aliphatic rings. The molecule has 0 spiro atoms. The first-order valence-corrected chi connectivity index (χ1v) is 7.34. The fourth-order valence-corrected chi connectivity index (χ4v) is 3.11. The second-order valence-corrected chi connectivity index (χ2v) is 5.55. The molecule has 1 heteroatoms. The molecular formula is C18H25N. The summed E-state index contributed by atoms with van der Waals surface area (Å²) in [5, 5.41) is 6.29. The predicted molar refractivity (Wildman–Crippen MR) is 84.6 cm³/mol. The maximum atomic E-state index is 3.51. The van der Waals surface area contributed by atoms with Crippen LogP contribution < -0.4 is 5.32 Å². The molecule has 2 aromatic rings. The predicted octanol–water partition coefficient (Wildman–Crippen LogP) is 4.84. The molecule has 2 rings (SSSR count). The van der Waals surface area contributed by atoms with E-state index in [-0.39, 0.29) is 0 Å². The van der Waals surface area contributed by atoms with E-state index in [4.69, 9.17) is 0 Å². The molecule has 0 amide bonds. The van der Waals surface area contributed by atoms with Gasteiger partial charge in [-0.05, 0) is 48.2 Å². The maximum Gasteiger partial charge on any atom is 0.0349 e. The number of nitrogens with one attached hydrogen (secondary N) is 1. The van der Waals surface area contributed by atoms with Crippen LogP contribution >= 0.6 is 0 Å². The molecule has 0 aliphatic carbocycles. The van der Waals surface area contributed by atoms with E-state index in [2.05, 4.69) is 69.5 Å². The molecule has 0 aliphatic heterocycles. The van der Waals surface area contributed by atoms with Gasteiger partial charge in [0.25, 0.3) is 0 Å². The monoisotopic (exact) mass is 255 g/mol. The Bertz CT molecular complexity index is 544. The Balaban J connectivity index is 2.52. The Kier molecular flexibility index (Phi) is 4.60. The number of aryl methyl sites for hydroxylation is 1. The highest BCUT2D eigenvalue weighted by atomic mass is 14.9. The minimum absolute atomic E-state index is 0.436. The van der Waals surface area contributed by atoms with Gasteiger partial charge in [-0.3, -0.25) is 0 Å². The Morgan fingerprint density at radius 2 is 1.74 bits per heavy atom. The Morgan fingerprint density at radius 1 is 1.05 bits per heavy atom. The van der Waals surface area contributed by atoms with Gasteiger partial charge >= 0.3 is 0 Å². The van der Waals surface area contributed by atoms with Gasteiger partial charge in [0, 0.05) is 6.04 Å². The van der Waals surface area contributed by atoms with Crippen molar-refractivity contribution >= 4 is 10.8 Å². The summed E-state index contributed by atoms with van der Waals surface area (Å²) in [7, 11) is 2.07. The zero-order valence-electron chi connectivity index (χ0n) is 12.5. The smallest absolute Gasteiger partial charge is 0.0349 e. The average Bonchev–Trinajstić information content (AvgIpc) is 2.43. The number of rotatable bonds is 5. The van der Waals surface area contributed by atoms with Crippen molar-refractivity contribution in [2.24, 2.45) is 5.92 Å². The van der Waals surface area contributed by atoms with Crippen molar-refractivity contribution in [3.05, 3.63) is 47.5 Å². The Labute approximate surface area is 117 Å². The fourth-order valence-electron chi connectivity index (χ4n) is 3.11. The van der Waals surface area contributed by atoms with E-state index in [1.165, 1.54) is 34.7 Å². The van der Waals surface area contributed by atoms with Gasteiger partial charge in [-0.2, -0.15) is 0 Å². The lowest BCUT2D eigenvalue weighted by Gasteiger charge is -2.25. The third-order valence-corrected chi connectivity index (χ3v) is 4.13. The van der Waals surface area contributed by atoms with Gasteiger partial charge in [0.2, 0.25) is 0 Å². The minimum atomic E-state index is 0.436. The van der Waals surface area contributed by atoms with Crippen molar-refractivity contribution in [2.45, 2.75) is 39.7 Å².